The Bertz CT molecular complexity index is 289. The van der Waals surface area contributed by atoms with Gasteiger partial charge in [-0.2, -0.15) is 0 Å². The van der Waals surface area contributed by atoms with E-state index in [1.807, 2.05) is 0 Å². The average Bonchev–Trinajstić information content (AvgIpc) is 2.01. The van der Waals surface area contributed by atoms with Crippen LogP contribution in [0.1, 0.15) is 5.56 Å². The van der Waals surface area contributed by atoms with Crippen LogP contribution >= 0.6 is 34.8 Å². The van der Waals surface area contributed by atoms with Gasteiger partial charge in [0.2, 0.25) is 0 Å². The first-order valence-electron chi connectivity index (χ1n) is 3.20. The normalized spacial score (nSPS) is 9.92. The summed E-state index contributed by atoms with van der Waals surface area (Å²) < 4.78 is 0. The molecule has 0 amide bonds. The van der Waals surface area contributed by atoms with Gasteiger partial charge in [-0.05, 0) is 23.3 Å². The second kappa shape index (κ2) is 4.13. The maximum Gasteiger partial charge on any atom is 0.131 e. The molecule has 1 heterocycles. The van der Waals surface area contributed by atoms with E-state index in [0.717, 1.165) is 11.1 Å². The zero-order valence-corrected chi connectivity index (χ0v) is 8.42. The number of allylic oxidation sites excluding steroid dienone is 1. The van der Waals surface area contributed by atoms with E-state index in [9.17, 15) is 0 Å². The molecule has 0 fully saturated rings. The smallest absolute Gasteiger partial charge is 0.131 e. The van der Waals surface area contributed by atoms with Gasteiger partial charge < -0.3 is 0 Å². The number of nitrogens with zero attached hydrogens (tertiary/aromatic N) is 1. The Morgan fingerprint density at radius 2 is 1.83 bits per heavy atom. The minimum absolute atomic E-state index is 0.351. The van der Waals surface area contributed by atoms with E-state index in [-0.39, 0.29) is 0 Å². The number of pyridine rings is 1. The molecule has 0 radical (unpaired) electrons. The summed E-state index contributed by atoms with van der Waals surface area (Å²) in [6.07, 6.45) is 0. The van der Waals surface area contributed by atoms with E-state index >= 15 is 0 Å². The molecular formula is C8H6Cl3N. The lowest BCUT2D eigenvalue weighted by molar-refractivity contribution is 1.31. The first kappa shape index (κ1) is 9.85. The van der Waals surface area contributed by atoms with Gasteiger partial charge in [0.25, 0.3) is 0 Å². The van der Waals surface area contributed by atoms with Crippen LogP contribution in [0.25, 0.3) is 5.57 Å². The molecular weight excluding hydrogens is 216 g/mol. The van der Waals surface area contributed by atoms with Gasteiger partial charge in [0, 0.05) is 5.88 Å². The van der Waals surface area contributed by atoms with Crippen LogP contribution in [0.15, 0.2) is 18.7 Å². The third-order valence-electron chi connectivity index (χ3n) is 1.33. The van der Waals surface area contributed by atoms with E-state index in [2.05, 4.69) is 11.6 Å². The van der Waals surface area contributed by atoms with Crippen LogP contribution in [0.2, 0.25) is 10.3 Å². The van der Waals surface area contributed by atoms with Gasteiger partial charge in [-0.3, -0.25) is 0 Å². The summed E-state index contributed by atoms with van der Waals surface area (Å²) in [5, 5.41) is 0.701. The molecule has 0 aliphatic carbocycles. The molecule has 0 atom stereocenters. The molecule has 0 N–H and O–H groups in total. The predicted molar refractivity (Wildman–Crippen MR) is 54.0 cm³/mol. The van der Waals surface area contributed by atoms with E-state index < -0.39 is 0 Å². The van der Waals surface area contributed by atoms with E-state index in [0.29, 0.717) is 16.2 Å². The molecule has 64 valence electrons. The Morgan fingerprint density at radius 1 is 1.33 bits per heavy atom. The van der Waals surface area contributed by atoms with Crippen LogP contribution in [0.4, 0.5) is 0 Å². The molecule has 0 saturated carbocycles. The highest BCUT2D eigenvalue weighted by atomic mass is 35.5. The Labute approximate surface area is 86.0 Å². The zero-order valence-electron chi connectivity index (χ0n) is 6.15. The fourth-order valence-electron chi connectivity index (χ4n) is 0.746. The topological polar surface area (TPSA) is 12.9 Å². The number of rotatable bonds is 2. The molecule has 0 saturated heterocycles. The van der Waals surface area contributed by atoms with E-state index in [1.54, 1.807) is 12.1 Å². The van der Waals surface area contributed by atoms with Crippen LogP contribution in [-0.4, -0.2) is 10.9 Å². The fourth-order valence-corrected chi connectivity index (χ4v) is 1.36. The van der Waals surface area contributed by atoms with Crippen molar-refractivity contribution >= 4 is 40.4 Å². The quantitative estimate of drug-likeness (QED) is 0.550. The second-order valence-corrected chi connectivity index (χ2v) is 3.28. The summed E-state index contributed by atoms with van der Waals surface area (Å²) in [6, 6.07) is 3.36. The van der Waals surface area contributed by atoms with Gasteiger partial charge in [-0.25, -0.2) is 4.98 Å². The highest BCUT2D eigenvalue weighted by molar-refractivity contribution is 6.32. The maximum atomic E-state index is 5.67. The van der Waals surface area contributed by atoms with Gasteiger partial charge in [0.15, 0.2) is 0 Å². The summed E-state index contributed by atoms with van der Waals surface area (Å²) in [5.74, 6) is 0.358. The largest absolute Gasteiger partial charge is 0.224 e. The van der Waals surface area contributed by atoms with Gasteiger partial charge in [0.05, 0.1) is 0 Å². The second-order valence-electron chi connectivity index (χ2n) is 2.24. The molecule has 1 aromatic rings. The molecule has 1 nitrogen and oxygen atoms in total. The zero-order chi connectivity index (χ0) is 9.14. The number of alkyl halides is 1. The van der Waals surface area contributed by atoms with Crippen LogP contribution < -0.4 is 0 Å². The van der Waals surface area contributed by atoms with Gasteiger partial charge in [0.1, 0.15) is 10.3 Å². The maximum absolute atomic E-state index is 5.67. The fraction of sp³-hybridized carbons (Fsp3) is 0.125. The van der Waals surface area contributed by atoms with E-state index in [4.69, 9.17) is 34.8 Å². The molecule has 1 rings (SSSR count). The van der Waals surface area contributed by atoms with Crippen molar-refractivity contribution in [3.8, 4) is 0 Å². The van der Waals surface area contributed by atoms with Gasteiger partial charge in [-0.1, -0.05) is 29.8 Å². The Kier molecular flexibility index (Phi) is 3.39. The molecule has 0 bridgehead atoms. The SMILES string of the molecule is C=C(CCl)c1cc(Cl)nc(Cl)c1. The first-order chi connectivity index (χ1) is 5.63. The Balaban J connectivity index is 3.08. The molecule has 0 spiro atoms. The predicted octanol–water partition coefficient (Wildman–Crippen LogP) is 3.64. The number of halogens is 3. The Hall–Kier alpha value is -0.240. The lowest BCUT2D eigenvalue weighted by Crippen LogP contribution is -1.86. The lowest BCUT2D eigenvalue weighted by Gasteiger charge is -2.01. The summed E-state index contributed by atoms with van der Waals surface area (Å²) >= 11 is 16.9. The number of hydrogen-bond donors (Lipinski definition) is 0. The standard InChI is InChI=1S/C8H6Cl3N/c1-5(4-9)6-2-7(10)12-8(11)3-6/h2-3H,1,4H2. The average molecular weight is 223 g/mol. The highest BCUT2D eigenvalue weighted by Crippen LogP contribution is 2.20. The van der Waals surface area contributed by atoms with E-state index in [1.165, 1.54) is 0 Å². The molecule has 0 aromatic carbocycles. The molecule has 0 aliphatic rings. The molecule has 1 aromatic heterocycles. The lowest BCUT2D eigenvalue weighted by atomic mass is 10.1. The third-order valence-corrected chi connectivity index (χ3v) is 2.04. The van der Waals surface area contributed by atoms with Crippen molar-refractivity contribution in [2.24, 2.45) is 0 Å². The summed E-state index contributed by atoms with van der Waals surface area (Å²) in [4.78, 5) is 3.80. The number of aromatic nitrogens is 1. The molecule has 4 heteroatoms. The monoisotopic (exact) mass is 221 g/mol. The third kappa shape index (κ3) is 2.37. The number of hydrogen-bond acceptors (Lipinski definition) is 1. The van der Waals surface area contributed by atoms with Crippen molar-refractivity contribution in [2.75, 3.05) is 5.88 Å². The first-order valence-corrected chi connectivity index (χ1v) is 4.49. The summed E-state index contributed by atoms with van der Waals surface area (Å²) in [6.45, 7) is 3.75. The van der Waals surface area contributed by atoms with Crippen LogP contribution in [0.3, 0.4) is 0 Å². The minimum atomic E-state index is 0.351. The van der Waals surface area contributed by atoms with Gasteiger partial charge in [-0.15, -0.1) is 11.6 Å². The van der Waals surface area contributed by atoms with Gasteiger partial charge >= 0.3 is 0 Å². The van der Waals surface area contributed by atoms with Crippen molar-refractivity contribution in [1.82, 2.24) is 4.98 Å². The molecule has 0 unspecified atom stereocenters. The van der Waals surface area contributed by atoms with Crippen LogP contribution in [0, 0.1) is 0 Å². The molecule has 0 aliphatic heterocycles. The summed E-state index contributed by atoms with van der Waals surface area (Å²) in [7, 11) is 0. The molecule has 12 heavy (non-hydrogen) atoms. The Morgan fingerprint density at radius 3 is 2.25 bits per heavy atom. The van der Waals surface area contributed by atoms with Crippen molar-refractivity contribution in [3.05, 3.63) is 34.6 Å². The van der Waals surface area contributed by atoms with Crippen LogP contribution in [0.5, 0.6) is 0 Å². The summed E-state index contributed by atoms with van der Waals surface area (Å²) in [5.41, 5.74) is 1.61. The highest BCUT2D eigenvalue weighted by Gasteiger charge is 2.01. The van der Waals surface area contributed by atoms with Crippen LogP contribution in [-0.2, 0) is 0 Å². The van der Waals surface area contributed by atoms with Crippen molar-refractivity contribution < 1.29 is 0 Å². The van der Waals surface area contributed by atoms with Crippen molar-refractivity contribution in [2.45, 2.75) is 0 Å². The minimum Gasteiger partial charge on any atom is -0.224 e. The van der Waals surface area contributed by atoms with Crippen molar-refractivity contribution in [1.29, 1.82) is 0 Å². The van der Waals surface area contributed by atoms with Crippen molar-refractivity contribution in [3.63, 3.8) is 0 Å².